The van der Waals surface area contributed by atoms with E-state index in [4.69, 9.17) is 10.5 Å². The number of pyridine rings is 1. The van der Waals surface area contributed by atoms with Gasteiger partial charge >= 0.3 is 0 Å². The van der Waals surface area contributed by atoms with Gasteiger partial charge in [0.05, 0.1) is 18.4 Å². The Hall–Kier alpha value is -0.450. The Kier molecular flexibility index (Phi) is 3.15. The summed E-state index contributed by atoms with van der Waals surface area (Å²) in [6.45, 7) is 0.588. The minimum Gasteiger partial charge on any atom is -0.372 e. The molecule has 0 aliphatic heterocycles. The molecule has 0 amide bonds. The molecule has 1 aliphatic rings. The molecule has 2 N–H and O–H groups in total. The first kappa shape index (κ1) is 10.1. The Morgan fingerprint density at radius 2 is 2.29 bits per heavy atom. The van der Waals surface area contributed by atoms with Crippen molar-refractivity contribution in [2.45, 2.75) is 31.6 Å². The van der Waals surface area contributed by atoms with Crippen molar-refractivity contribution >= 4 is 15.9 Å². The fourth-order valence-corrected chi connectivity index (χ4v) is 1.67. The standard InChI is InChI=1S/C10H13BrN2O/c11-7-1-2-9(13-5-7)6-14-10-3-8(12)4-10/h1-2,5,8,10H,3-4,6,12H2. The van der Waals surface area contributed by atoms with Crippen LogP contribution >= 0.6 is 15.9 Å². The fourth-order valence-electron chi connectivity index (χ4n) is 1.44. The van der Waals surface area contributed by atoms with Crippen molar-refractivity contribution in [3.63, 3.8) is 0 Å². The predicted molar refractivity (Wildman–Crippen MR) is 57.7 cm³/mol. The fraction of sp³-hybridized carbons (Fsp3) is 0.500. The van der Waals surface area contributed by atoms with E-state index in [-0.39, 0.29) is 0 Å². The van der Waals surface area contributed by atoms with Crippen LogP contribution in [0.3, 0.4) is 0 Å². The SMILES string of the molecule is NC1CC(OCc2ccc(Br)cn2)C1. The molecule has 0 bridgehead atoms. The zero-order chi connectivity index (χ0) is 9.97. The molecular weight excluding hydrogens is 244 g/mol. The van der Waals surface area contributed by atoms with Crippen molar-refractivity contribution in [1.82, 2.24) is 4.98 Å². The molecule has 14 heavy (non-hydrogen) atoms. The lowest BCUT2D eigenvalue weighted by atomic mass is 9.90. The number of aromatic nitrogens is 1. The van der Waals surface area contributed by atoms with Gasteiger partial charge in [-0.3, -0.25) is 4.98 Å². The smallest absolute Gasteiger partial charge is 0.0891 e. The van der Waals surface area contributed by atoms with Crippen LogP contribution in [0.25, 0.3) is 0 Å². The average molecular weight is 257 g/mol. The normalized spacial score (nSPS) is 25.9. The molecule has 0 aromatic carbocycles. The topological polar surface area (TPSA) is 48.1 Å². The van der Waals surface area contributed by atoms with Crippen molar-refractivity contribution in [3.8, 4) is 0 Å². The van der Waals surface area contributed by atoms with Gasteiger partial charge in [-0.2, -0.15) is 0 Å². The van der Waals surface area contributed by atoms with Crippen LogP contribution in [0, 0.1) is 0 Å². The first-order valence-corrected chi connectivity index (χ1v) is 5.51. The van der Waals surface area contributed by atoms with Gasteiger partial charge in [-0.05, 0) is 40.9 Å². The Bertz CT molecular complexity index is 295. The van der Waals surface area contributed by atoms with E-state index in [2.05, 4.69) is 20.9 Å². The molecule has 1 saturated carbocycles. The number of halogens is 1. The molecule has 3 nitrogen and oxygen atoms in total. The predicted octanol–water partition coefficient (Wildman–Crippen LogP) is 1.85. The third-order valence-corrected chi connectivity index (χ3v) is 2.86. The average Bonchev–Trinajstić information content (AvgIpc) is 2.13. The highest BCUT2D eigenvalue weighted by Gasteiger charge is 2.26. The Balaban J connectivity index is 1.78. The molecule has 1 aromatic heterocycles. The third kappa shape index (κ3) is 2.53. The van der Waals surface area contributed by atoms with Gasteiger partial charge in [0, 0.05) is 16.7 Å². The Labute approximate surface area is 91.8 Å². The number of hydrogen-bond acceptors (Lipinski definition) is 3. The van der Waals surface area contributed by atoms with Crippen LogP contribution < -0.4 is 5.73 Å². The van der Waals surface area contributed by atoms with Gasteiger partial charge in [0.15, 0.2) is 0 Å². The molecule has 76 valence electrons. The summed E-state index contributed by atoms with van der Waals surface area (Å²) in [6.07, 6.45) is 4.09. The van der Waals surface area contributed by atoms with Crippen LogP contribution in [0.1, 0.15) is 18.5 Å². The lowest BCUT2D eigenvalue weighted by Gasteiger charge is -2.32. The number of ether oxygens (including phenoxy) is 1. The monoisotopic (exact) mass is 256 g/mol. The van der Waals surface area contributed by atoms with Gasteiger partial charge in [0.2, 0.25) is 0 Å². The van der Waals surface area contributed by atoms with Crippen LogP contribution in [0.2, 0.25) is 0 Å². The van der Waals surface area contributed by atoms with E-state index >= 15 is 0 Å². The number of nitrogens with two attached hydrogens (primary N) is 1. The van der Waals surface area contributed by atoms with Crippen molar-refractivity contribution < 1.29 is 4.74 Å². The molecule has 0 saturated heterocycles. The minimum atomic E-state index is 0.343. The molecule has 1 heterocycles. The van der Waals surface area contributed by atoms with Gasteiger partial charge in [0.25, 0.3) is 0 Å². The highest BCUT2D eigenvalue weighted by molar-refractivity contribution is 9.10. The molecule has 0 radical (unpaired) electrons. The second kappa shape index (κ2) is 4.38. The molecule has 4 heteroatoms. The lowest BCUT2D eigenvalue weighted by Crippen LogP contribution is -2.41. The van der Waals surface area contributed by atoms with Crippen molar-refractivity contribution in [3.05, 3.63) is 28.5 Å². The van der Waals surface area contributed by atoms with E-state index in [9.17, 15) is 0 Å². The van der Waals surface area contributed by atoms with Gasteiger partial charge in [0.1, 0.15) is 0 Å². The maximum atomic E-state index is 5.66. The highest BCUT2D eigenvalue weighted by atomic mass is 79.9. The zero-order valence-corrected chi connectivity index (χ0v) is 9.40. The van der Waals surface area contributed by atoms with Crippen molar-refractivity contribution in [2.75, 3.05) is 0 Å². The molecular formula is C10H13BrN2O. The largest absolute Gasteiger partial charge is 0.372 e. The molecule has 0 unspecified atom stereocenters. The molecule has 0 atom stereocenters. The first-order valence-electron chi connectivity index (χ1n) is 4.71. The van der Waals surface area contributed by atoms with Crippen molar-refractivity contribution in [2.24, 2.45) is 5.73 Å². The summed E-state index contributed by atoms with van der Waals surface area (Å²) >= 11 is 3.34. The minimum absolute atomic E-state index is 0.343. The number of hydrogen-bond donors (Lipinski definition) is 1. The summed E-state index contributed by atoms with van der Waals surface area (Å²) in [5.41, 5.74) is 6.62. The van der Waals surface area contributed by atoms with E-state index in [1.165, 1.54) is 0 Å². The summed E-state index contributed by atoms with van der Waals surface area (Å²) in [5.74, 6) is 0. The Morgan fingerprint density at radius 3 is 2.86 bits per heavy atom. The molecule has 1 fully saturated rings. The van der Waals surface area contributed by atoms with E-state index in [1.807, 2.05) is 12.1 Å². The van der Waals surface area contributed by atoms with E-state index in [0.717, 1.165) is 23.0 Å². The molecule has 2 rings (SSSR count). The van der Waals surface area contributed by atoms with E-state index in [0.29, 0.717) is 18.8 Å². The summed E-state index contributed by atoms with van der Waals surface area (Å²) in [4.78, 5) is 4.22. The van der Waals surface area contributed by atoms with Crippen LogP contribution in [-0.2, 0) is 11.3 Å². The molecule has 0 spiro atoms. The third-order valence-electron chi connectivity index (χ3n) is 2.39. The quantitative estimate of drug-likeness (QED) is 0.898. The van der Waals surface area contributed by atoms with Gasteiger partial charge in [-0.25, -0.2) is 0 Å². The summed E-state index contributed by atoms with van der Waals surface area (Å²) < 4.78 is 6.61. The van der Waals surface area contributed by atoms with Gasteiger partial charge in [-0.1, -0.05) is 0 Å². The van der Waals surface area contributed by atoms with Crippen LogP contribution in [0.5, 0.6) is 0 Å². The van der Waals surface area contributed by atoms with E-state index in [1.54, 1.807) is 6.20 Å². The van der Waals surface area contributed by atoms with Crippen molar-refractivity contribution in [1.29, 1.82) is 0 Å². The highest BCUT2D eigenvalue weighted by Crippen LogP contribution is 2.22. The number of nitrogens with zero attached hydrogens (tertiary/aromatic N) is 1. The van der Waals surface area contributed by atoms with Crippen LogP contribution in [0.4, 0.5) is 0 Å². The number of rotatable bonds is 3. The summed E-state index contributed by atoms with van der Waals surface area (Å²) in [5, 5.41) is 0. The van der Waals surface area contributed by atoms with Crippen LogP contribution in [0.15, 0.2) is 22.8 Å². The second-order valence-electron chi connectivity index (χ2n) is 3.63. The summed E-state index contributed by atoms with van der Waals surface area (Å²) in [7, 11) is 0. The van der Waals surface area contributed by atoms with Crippen LogP contribution in [-0.4, -0.2) is 17.1 Å². The maximum Gasteiger partial charge on any atom is 0.0891 e. The molecule has 1 aliphatic carbocycles. The van der Waals surface area contributed by atoms with Gasteiger partial charge < -0.3 is 10.5 Å². The first-order chi connectivity index (χ1) is 6.74. The summed E-state index contributed by atoms with van der Waals surface area (Å²) in [6, 6.07) is 4.28. The molecule has 1 aromatic rings. The maximum absolute atomic E-state index is 5.66. The van der Waals surface area contributed by atoms with Gasteiger partial charge in [-0.15, -0.1) is 0 Å². The van der Waals surface area contributed by atoms with E-state index < -0.39 is 0 Å². The second-order valence-corrected chi connectivity index (χ2v) is 4.55. The lowest BCUT2D eigenvalue weighted by molar-refractivity contribution is -0.0201. The Morgan fingerprint density at radius 1 is 1.50 bits per heavy atom. The zero-order valence-electron chi connectivity index (χ0n) is 7.82.